The molecule has 2 rings (SSSR count). The van der Waals surface area contributed by atoms with Crippen molar-refractivity contribution in [3.63, 3.8) is 0 Å². The molecule has 0 heterocycles. The lowest BCUT2D eigenvalue weighted by atomic mass is 9.83. The van der Waals surface area contributed by atoms with Crippen LogP contribution in [0.5, 0.6) is 0 Å². The number of hydrogen-bond donors (Lipinski definition) is 1. The van der Waals surface area contributed by atoms with Crippen LogP contribution in [-0.4, -0.2) is 5.11 Å². The van der Waals surface area contributed by atoms with Crippen LogP contribution in [0.15, 0.2) is 22.7 Å². The third kappa shape index (κ3) is 1.85. The Morgan fingerprint density at radius 3 is 2.73 bits per heavy atom. The van der Waals surface area contributed by atoms with Gasteiger partial charge in [-0.3, -0.25) is 0 Å². The summed E-state index contributed by atoms with van der Waals surface area (Å²) in [4.78, 5) is 0. The number of rotatable bonds is 1. The van der Waals surface area contributed by atoms with E-state index >= 15 is 0 Å². The van der Waals surface area contributed by atoms with Crippen molar-refractivity contribution >= 4 is 15.9 Å². The van der Waals surface area contributed by atoms with E-state index in [0.29, 0.717) is 5.92 Å². The Morgan fingerprint density at radius 2 is 2.20 bits per heavy atom. The summed E-state index contributed by atoms with van der Waals surface area (Å²) in [6.45, 7) is 4.22. The van der Waals surface area contributed by atoms with Gasteiger partial charge in [-0.2, -0.15) is 0 Å². The zero-order valence-electron chi connectivity index (χ0n) is 9.26. The molecule has 0 unspecified atom stereocenters. The molecule has 1 aromatic rings. The quantitative estimate of drug-likeness (QED) is 0.822. The van der Waals surface area contributed by atoms with Gasteiger partial charge in [0.1, 0.15) is 0 Å². The minimum atomic E-state index is -0.592. The van der Waals surface area contributed by atoms with Crippen LogP contribution in [0.1, 0.15) is 37.3 Å². The van der Waals surface area contributed by atoms with Gasteiger partial charge in [-0.25, -0.2) is 0 Å². The van der Waals surface area contributed by atoms with Crippen molar-refractivity contribution in [2.75, 3.05) is 0 Å². The van der Waals surface area contributed by atoms with Crippen molar-refractivity contribution in [1.29, 1.82) is 0 Å². The molecule has 0 amide bonds. The fraction of sp³-hybridized carbons (Fsp3) is 0.538. The van der Waals surface area contributed by atoms with Gasteiger partial charge < -0.3 is 5.11 Å². The summed E-state index contributed by atoms with van der Waals surface area (Å²) in [6, 6.07) is 6.16. The SMILES string of the molecule is Cc1cc(Br)ccc1[C@@]1(O)CCC[C@@H]1C. The van der Waals surface area contributed by atoms with Crippen LogP contribution in [0.4, 0.5) is 0 Å². The Labute approximate surface area is 99.6 Å². The van der Waals surface area contributed by atoms with Gasteiger partial charge in [-0.1, -0.05) is 28.9 Å². The summed E-state index contributed by atoms with van der Waals surface area (Å²) in [6.07, 6.45) is 3.16. The molecule has 1 fully saturated rings. The second-order valence-corrected chi connectivity index (χ2v) is 5.59. The van der Waals surface area contributed by atoms with E-state index in [1.807, 2.05) is 6.07 Å². The molecule has 1 N–H and O–H groups in total. The van der Waals surface area contributed by atoms with Crippen LogP contribution < -0.4 is 0 Å². The molecular weight excluding hydrogens is 252 g/mol. The molecular formula is C13H17BrO. The molecule has 0 bridgehead atoms. The summed E-state index contributed by atoms with van der Waals surface area (Å²) in [5.74, 6) is 0.373. The predicted octanol–water partition coefficient (Wildman–Crippen LogP) is 3.77. The van der Waals surface area contributed by atoms with Gasteiger partial charge in [0.25, 0.3) is 0 Å². The number of halogens is 1. The van der Waals surface area contributed by atoms with E-state index in [1.54, 1.807) is 0 Å². The molecule has 15 heavy (non-hydrogen) atoms. The first-order chi connectivity index (χ1) is 7.04. The lowest BCUT2D eigenvalue weighted by molar-refractivity contribution is 0.00390. The summed E-state index contributed by atoms with van der Waals surface area (Å²) in [7, 11) is 0. The summed E-state index contributed by atoms with van der Waals surface area (Å²) >= 11 is 3.46. The standard InChI is InChI=1S/C13H17BrO/c1-9-8-11(14)5-6-12(9)13(15)7-3-4-10(13)2/h5-6,8,10,15H,3-4,7H2,1-2H3/t10-,13+/m0/s1. The maximum atomic E-state index is 10.7. The molecule has 82 valence electrons. The lowest BCUT2D eigenvalue weighted by Crippen LogP contribution is -2.29. The van der Waals surface area contributed by atoms with Gasteiger partial charge in [0, 0.05) is 4.47 Å². The number of aryl methyl sites for hydroxylation is 1. The van der Waals surface area contributed by atoms with E-state index in [0.717, 1.165) is 29.3 Å². The highest BCUT2D eigenvalue weighted by atomic mass is 79.9. The zero-order chi connectivity index (χ0) is 11.1. The molecule has 1 aromatic carbocycles. The Bertz CT molecular complexity index is 375. The Morgan fingerprint density at radius 1 is 1.47 bits per heavy atom. The van der Waals surface area contributed by atoms with E-state index in [2.05, 4.69) is 41.9 Å². The maximum absolute atomic E-state index is 10.7. The van der Waals surface area contributed by atoms with Gasteiger partial charge in [0.15, 0.2) is 0 Å². The highest BCUT2D eigenvalue weighted by Crippen LogP contribution is 2.44. The van der Waals surface area contributed by atoms with Crippen LogP contribution in [0.25, 0.3) is 0 Å². The summed E-state index contributed by atoms with van der Waals surface area (Å²) in [5.41, 5.74) is 1.70. The van der Waals surface area contributed by atoms with Crippen molar-refractivity contribution in [3.05, 3.63) is 33.8 Å². The van der Waals surface area contributed by atoms with Crippen molar-refractivity contribution in [2.24, 2.45) is 5.92 Å². The third-order valence-electron chi connectivity index (χ3n) is 3.67. The Balaban J connectivity index is 2.44. The van der Waals surface area contributed by atoms with Gasteiger partial charge in [-0.15, -0.1) is 0 Å². The van der Waals surface area contributed by atoms with Crippen LogP contribution in [0.2, 0.25) is 0 Å². The zero-order valence-corrected chi connectivity index (χ0v) is 10.8. The lowest BCUT2D eigenvalue weighted by Gasteiger charge is -2.30. The fourth-order valence-electron chi connectivity index (χ4n) is 2.68. The summed E-state index contributed by atoms with van der Waals surface area (Å²) in [5, 5.41) is 10.7. The molecule has 1 nitrogen and oxygen atoms in total. The van der Waals surface area contributed by atoms with E-state index in [4.69, 9.17) is 0 Å². The highest BCUT2D eigenvalue weighted by Gasteiger charge is 2.40. The molecule has 1 aliphatic rings. The first-order valence-electron chi connectivity index (χ1n) is 5.53. The van der Waals surface area contributed by atoms with Crippen molar-refractivity contribution in [2.45, 2.75) is 38.7 Å². The number of benzene rings is 1. The third-order valence-corrected chi connectivity index (χ3v) is 4.16. The maximum Gasteiger partial charge on any atom is 0.0924 e. The van der Waals surface area contributed by atoms with Crippen molar-refractivity contribution in [1.82, 2.24) is 0 Å². The normalized spacial score (nSPS) is 30.8. The average molecular weight is 269 g/mol. The smallest absolute Gasteiger partial charge is 0.0924 e. The first kappa shape index (κ1) is 11.2. The Hall–Kier alpha value is -0.340. The van der Waals surface area contributed by atoms with E-state index in [-0.39, 0.29) is 0 Å². The van der Waals surface area contributed by atoms with Crippen molar-refractivity contribution < 1.29 is 5.11 Å². The average Bonchev–Trinajstić information content (AvgIpc) is 2.47. The number of hydrogen-bond acceptors (Lipinski definition) is 1. The molecule has 2 atom stereocenters. The molecule has 0 saturated heterocycles. The molecule has 2 heteroatoms. The van der Waals surface area contributed by atoms with E-state index in [1.165, 1.54) is 5.56 Å². The molecule has 1 saturated carbocycles. The molecule has 0 aromatic heterocycles. The number of aliphatic hydroxyl groups is 1. The minimum Gasteiger partial charge on any atom is -0.385 e. The van der Waals surface area contributed by atoms with Gasteiger partial charge in [-0.05, 0) is 55.4 Å². The molecule has 1 aliphatic carbocycles. The predicted molar refractivity (Wildman–Crippen MR) is 65.8 cm³/mol. The van der Waals surface area contributed by atoms with E-state index in [9.17, 15) is 5.11 Å². The van der Waals surface area contributed by atoms with Crippen LogP contribution in [-0.2, 0) is 5.60 Å². The van der Waals surface area contributed by atoms with E-state index < -0.39 is 5.60 Å². The molecule has 0 spiro atoms. The molecule has 0 aliphatic heterocycles. The van der Waals surface area contributed by atoms with Crippen LogP contribution >= 0.6 is 15.9 Å². The summed E-state index contributed by atoms with van der Waals surface area (Å²) < 4.78 is 1.08. The second kappa shape index (κ2) is 3.91. The van der Waals surface area contributed by atoms with Gasteiger partial charge in [0.2, 0.25) is 0 Å². The van der Waals surface area contributed by atoms with Gasteiger partial charge in [0.05, 0.1) is 5.60 Å². The highest BCUT2D eigenvalue weighted by molar-refractivity contribution is 9.10. The van der Waals surface area contributed by atoms with Crippen LogP contribution in [0.3, 0.4) is 0 Å². The fourth-order valence-corrected chi connectivity index (χ4v) is 3.15. The first-order valence-corrected chi connectivity index (χ1v) is 6.32. The van der Waals surface area contributed by atoms with Gasteiger partial charge >= 0.3 is 0 Å². The molecule has 0 radical (unpaired) electrons. The second-order valence-electron chi connectivity index (χ2n) is 4.68. The minimum absolute atomic E-state index is 0.373. The topological polar surface area (TPSA) is 20.2 Å². The Kier molecular flexibility index (Phi) is 2.91. The van der Waals surface area contributed by atoms with Crippen molar-refractivity contribution in [3.8, 4) is 0 Å². The largest absolute Gasteiger partial charge is 0.385 e. The van der Waals surface area contributed by atoms with Crippen LogP contribution in [0, 0.1) is 12.8 Å². The monoisotopic (exact) mass is 268 g/mol.